The molecule has 0 aliphatic heterocycles. The summed E-state index contributed by atoms with van der Waals surface area (Å²) in [6.45, 7) is 0.552. The van der Waals surface area contributed by atoms with Gasteiger partial charge in [0.25, 0.3) is 0 Å². The van der Waals surface area contributed by atoms with Crippen LogP contribution in [-0.2, 0) is 6.42 Å². The lowest BCUT2D eigenvalue weighted by Crippen LogP contribution is -2.23. The molecule has 1 aromatic carbocycles. The van der Waals surface area contributed by atoms with Crippen LogP contribution in [0.15, 0.2) is 18.2 Å². The highest BCUT2D eigenvalue weighted by Crippen LogP contribution is 2.31. The number of ether oxygens (including phenoxy) is 1. The van der Waals surface area contributed by atoms with E-state index in [0.717, 1.165) is 6.42 Å². The number of nitrogens with two attached hydrogens (primary N) is 1. The van der Waals surface area contributed by atoms with Gasteiger partial charge in [-0.05, 0) is 24.5 Å². The van der Waals surface area contributed by atoms with Crippen LogP contribution < -0.4 is 10.5 Å². The maximum atomic E-state index is 12.1. The Morgan fingerprint density at radius 2 is 2.06 bits per heavy atom. The van der Waals surface area contributed by atoms with Gasteiger partial charge in [-0.25, -0.2) is 0 Å². The zero-order valence-electron chi connectivity index (χ0n) is 9.93. The summed E-state index contributed by atoms with van der Waals surface area (Å²) in [4.78, 5) is 0. The highest BCUT2D eigenvalue weighted by atomic mass is 35.5. The van der Waals surface area contributed by atoms with E-state index in [4.69, 9.17) is 22.1 Å². The number of rotatable bonds is 5. The number of para-hydroxylation sites is 1. The van der Waals surface area contributed by atoms with Crippen molar-refractivity contribution < 1.29 is 17.9 Å². The van der Waals surface area contributed by atoms with E-state index in [1.807, 2.05) is 6.92 Å². The monoisotopic (exact) mass is 281 g/mol. The van der Waals surface area contributed by atoms with Gasteiger partial charge in [0.15, 0.2) is 6.61 Å². The highest BCUT2D eigenvalue weighted by molar-refractivity contribution is 6.32. The van der Waals surface area contributed by atoms with Crippen molar-refractivity contribution >= 4 is 11.6 Å². The Bertz CT molecular complexity index is 395. The van der Waals surface area contributed by atoms with E-state index in [2.05, 4.69) is 0 Å². The van der Waals surface area contributed by atoms with E-state index >= 15 is 0 Å². The van der Waals surface area contributed by atoms with Gasteiger partial charge in [0.05, 0.1) is 5.02 Å². The van der Waals surface area contributed by atoms with Crippen molar-refractivity contribution in [1.82, 2.24) is 0 Å². The standard InChI is InChI=1S/C12H15ClF3NO/c1-2-9(17)6-8-4-3-5-10(13)11(8)18-7-12(14,15)16/h3-5,9H,2,6-7,17H2,1H3. The molecule has 0 aliphatic rings. The predicted molar refractivity (Wildman–Crippen MR) is 65.0 cm³/mol. The van der Waals surface area contributed by atoms with Gasteiger partial charge >= 0.3 is 6.18 Å². The van der Waals surface area contributed by atoms with Crippen molar-refractivity contribution in [2.75, 3.05) is 6.61 Å². The molecule has 0 amide bonds. The molecule has 1 unspecified atom stereocenters. The van der Waals surface area contributed by atoms with E-state index in [-0.39, 0.29) is 16.8 Å². The Balaban J connectivity index is 2.87. The molecule has 1 rings (SSSR count). The van der Waals surface area contributed by atoms with Crippen LogP contribution in [0.4, 0.5) is 13.2 Å². The first-order valence-electron chi connectivity index (χ1n) is 5.56. The summed E-state index contributed by atoms with van der Waals surface area (Å²) in [5.74, 6) is 0.0698. The molecule has 0 spiro atoms. The Morgan fingerprint density at radius 3 is 2.61 bits per heavy atom. The average Bonchev–Trinajstić information content (AvgIpc) is 2.26. The van der Waals surface area contributed by atoms with Gasteiger partial charge in [-0.3, -0.25) is 0 Å². The minimum absolute atomic E-state index is 0.0698. The van der Waals surface area contributed by atoms with E-state index in [1.165, 1.54) is 6.07 Å². The molecule has 6 heteroatoms. The summed E-state index contributed by atoms with van der Waals surface area (Å²) in [6.07, 6.45) is -3.22. The first kappa shape index (κ1) is 15.1. The zero-order chi connectivity index (χ0) is 13.8. The molecule has 0 saturated carbocycles. The summed E-state index contributed by atoms with van der Waals surface area (Å²) >= 11 is 5.85. The Labute approximate surface area is 109 Å². The topological polar surface area (TPSA) is 35.2 Å². The fourth-order valence-electron chi connectivity index (χ4n) is 1.46. The summed E-state index contributed by atoms with van der Waals surface area (Å²) in [5, 5.41) is 0.167. The lowest BCUT2D eigenvalue weighted by Gasteiger charge is -2.16. The third-order valence-electron chi connectivity index (χ3n) is 2.44. The van der Waals surface area contributed by atoms with Crippen molar-refractivity contribution in [3.63, 3.8) is 0 Å². The molecular weight excluding hydrogens is 267 g/mol. The number of alkyl halides is 3. The second-order valence-electron chi connectivity index (χ2n) is 4.00. The quantitative estimate of drug-likeness (QED) is 0.896. The molecule has 102 valence electrons. The molecule has 0 fully saturated rings. The van der Waals surface area contributed by atoms with Crippen LogP contribution in [0.5, 0.6) is 5.75 Å². The van der Waals surface area contributed by atoms with Crippen LogP contribution in [0.25, 0.3) is 0 Å². The first-order chi connectivity index (χ1) is 8.33. The smallest absolute Gasteiger partial charge is 0.422 e. The van der Waals surface area contributed by atoms with Crippen LogP contribution in [0.1, 0.15) is 18.9 Å². The second kappa shape index (κ2) is 6.29. The Morgan fingerprint density at radius 1 is 1.39 bits per heavy atom. The number of hydrogen-bond donors (Lipinski definition) is 1. The minimum atomic E-state index is -4.39. The first-order valence-corrected chi connectivity index (χ1v) is 5.93. The molecular formula is C12H15ClF3NO. The normalized spacial score (nSPS) is 13.4. The van der Waals surface area contributed by atoms with Gasteiger partial charge in [-0.1, -0.05) is 30.7 Å². The maximum Gasteiger partial charge on any atom is 0.422 e. The summed E-state index contributed by atoms with van der Waals surface area (Å²) in [7, 11) is 0. The molecule has 1 atom stereocenters. The fraction of sp³-hybridized carbons (Fsp3) is 0.500. The summed E-state index contributed by atoms with van der Waals surface area (Å²) in [6, 6.07) is 4.71. The van der Waals surface area contributed by atoms with Crippen molar-refractivity contribution in [2.45, 2.75) is 32.0 Å². The molecule has 0 radical (unpaired) electrons. The molecule has 2 N–H and O–H groups in total. The highest BCUT2D eigenvalue weighted by Gasteiger charge is 2.29. The van der Waals surface area contributed by atoms with E-state index < -0.39 is 12.8 Å². The molecule has 1 aromatic rings. The number of hydrogen-bond acceptors (Lipinski definition) is 2. The van der Waals surface area contributed by atoms with Crippen molar-refractivity contribution in [3.8, 4) is 5.75 Å². The summed E-state index contributed by atoms with van der Waals surface area (Å²) < 4.78 is 41.2. The lowest BCUT2D eigenvalue weighted by molar-refractivity contribution is -0.153. The predicted octanol–water partition coefficient (Wildman–Crippen LogP) is 3.56. The van der Waals surface area contributed by atoms with Crippen molar-refractivity contribution in [1.29, 1.82) is 0 Å². The van der Waals surface area contributed by atoms with Crippen LogP contribution >= 0.6 is 11.6 Å². The lowest BCUT2D eigenvalue weighted by atomic mass is 10.0. The second-order valence-corrected chi connectivity index (χ2v) is 4.41. The minimum Gasteiger partial charge on any atom is -0.482 e. The van der Waals surface area contributed by atoms with Gasteiger partial charge in [0.1, 0.15) is 5.75 Å². The van der Waals surface area contributed by atoms with E-state index in [1.54, 1.807) is 12.1 Å². The van der Waals surface area contributed by atoms with Crippen LogP contribution in [0, 0.1) is 0 Å². The Kier molecular flexibility index (Phi) is 5.28. The molecule has 0 aliphatic carbocycles. The van der Waals surface area contributed by atoms with Gasteiger partial charge in [-0.15, -0.1) is 0 Å². The van der Waals surface area contributed by atoms with E-state index in [0.29, 0.717) is 12.0 Å². The van der Waals surface area contributed by atoms with E-state index in [9.17, 15) is 13.2 Å². The molecule has 2 nitrogen and oxygen atoms in total. The summed E-state index contributed by atoms with van der Waals surface area (Å²) in [5.41, 5.74) is 6.38. The molecule has 0 heterocycles. The van der Waals surface area contributed by atoms with Gasteiger partial charge in [-0.2, -0.15) is 13.2 Å². The van der Waals surface area contributed by atoms with Crippen LogP contribution in [0.3, 0.4) is 0 Å². The number of benzene rings is 1. The third-order valence-corrected chi connectivity index (χ3v) is 2.73. The fourth-order valence-corrected chi connectivity index (χ4v) is 1.71. The van der Waals surface area contributed by atoms with Crippen molar-refractivity contribution in [2.24, 2.45) is 5.73 Å². The zero-order valence-corrected chi connectivity index (χ0v) is 10.7. The van der Waals surface area contributed by atoms with Gasteiger partial charge in [0.2, 0.25) is 0 Å². The van der Waals surface area contributed by atoms with Gasteiger partial charge in [0, 0.05) is 6.04 Å². The molecule has 18 heavy (non-hydrogen) atoms. The molecule has 0 aromatic heterocycles. The Hall–Kier alpha value is -0.940. The third kappa shape index (κ3) is 4.74. The van der Waals surface area contributed by atoms with Crippen molar-refractivity contribution in [3.05, 3.63) is 28.8 Å². The number of halogens is 4. The molecule has 0 bridgehead atoms. The molecule has 0 saturated heterocycles. The largest absolute Gasteiger partial charge is 0.482 e. The van der Waals surface area contributed by atoms with Gasteiger partial charge < -0.3 is 10.5 Å². The van der Waals surface area contributed by atoms with Crippen LogP contribution in [0.2, 0.25) is 5.02 Å². The maximum absolute atomic E-state index is 12.1. The average molecular weight is 282 g/mol. The van der Waals surface area contributed by atoms with Crippen LogP contribution in [-0.4, -0.2) is 18.8 Å². The SMILES string of the molecule is CCC(N)Cc1cccc(Cl)c1OCC(F)(F)F.